The number of likely N-dealkylation sites (N-methyl/N-ethyl adjacent to an activating group) is 1. The number of amides is 1. The van der Waals surface area contributed by atoms with Crippen LogP contribution in [0.15, 0.2) is 35.4 Å². The van der Waals surface area contributed by atoms with E-state index in [0.717, 1.165) is 43.5 Å². The van der Waals surface area contributed by atoms with E-state index in [4.69, 9.17) is 0 Å². The van der Waals surface area contributed by atoms with Gasteiger partial charge >= 0.3 is 0 Å². The fraction of sp³-hybridized carbons (Fsp3) is 0.591. The number of piperidine rings is 1. The first kappa shape index (κ1) is 22.8. The van der Waals surface area contributed by atoms with Crippen LogP contribution in [0.5, 0.6) is 0 Å². The number of sulfonamides is 1. The van der Waals surface area contributed by atoms with Crippen molar-refractivity contribution in [2.75, 3.05) is 39.3 Å². The molecule has 0 bridgehead atoms. The molecule has 2 heterocycles. The summed E-state index contributed by atoms with van der Waals surface area (Å²) in [5.41, 5.74) is 1.03. The van der Waals surface area contributed by atoms with E-state index in [0.29, 0.717) is 24.4 Å². The molecule has 1 amide bonds. The van der Waals surface area contributed by atoms with E-state index in [-0.39, 0.29) is 18.4 Å². The number of benzene rings is 1. The molecule has 7 nitrogen and oxygen atoms in total. The molecule has 1 aliphatic heterocycles. The summed E-state index contributed by atoms with van der Waals surface area (Å²) in [4.78, 5) is 15.2. The predicted molar refractivity (Wildman–Crippen MR) is 120 cm³/mol. The molecular weight excluding hydrogens is 400 g/mol. The third kappa shape index (κ3) is 4.87. The Morgan fingerprint density at radius 2 is 1.97 bits per heavy atom. The zero-order chi connectivity index (χ0) is 21.7. The quantitative estimate of drug-likeness (QED) is 0.658. The highest BCUT2D eigenvalue weighted by molar-refractivity contribution is 7.89. The fourth-order valence-electron chi connectivity index (χ4n) is 4.16. The number of aromatic nitrogens is 1. The predicted octanol–water partition coefficient (Wildman–Crippen LogP) is 2.52. The molecule has 1 atom stereocenters. The van der Waals surface area contributed by atoms with Crippen LogP contribution in [0.2, 0.25) is 0 Å². The van der Waals surface area contributed by atoms with E-state index < -0.39 is 10.0 Å². The van der Waals surface area contributed by atoms with E-state index in [1.807, 2.05) is 18.3 Å². The van der Waals surface area contributed by atoms with Crippen molar-refractivity contribution in [1.82, 2.24) is 19.1 Å². The zero-order valence-corrected chi connectivity index (χ0v) is 19.1. The summed E-state index contributed by atoms with van der Waals surface area (Å²) in [6, 6.07) is 7.23. The molecule has 30 heavy (non-hydrogen) atoms. The summed E-state index contributed by atoms with van der Waals surface area (Å²) in [5.74, 6) is -0.340. The summed E-state index contributed by atoms with van der Waals surface area (Å²) >= 11 is 0. The number of hydrogen-bond acceptors (Lipinski definition) is 4. The molecule has 0 spiro atoms. The third-order valence-electron chi connectivity index (χ3n) is 6.10. The van der Waals surface area contributed by atoms with Gasteiger partial charge in [-0.15, -0.1) is 0 Å². The largest absolute Gasteiger partial charge is 0.355 e. The van der Waals surface area contributed by atoms with Gasteiger partial charge in [-0.1, -0.05) is 13.8 Å². The van der Waals surface area contributed by atoms with E-state index >= 15 is 0 Å². The summed E-state index contributed by atoms with van der Waals surface area (Å²) in [6.07, 6.45) is 3.39. The van der Waals surface area contributed by atoms with Gasteiger partial charge in [0.2, 0.25) is 15.9 Å². The first-order valence-corrected chi connectivity index (χ1v) is 12.4. The van der Waals surface area contributed by atoms with Gasteiger partial charge in [0.05, 0.1) is 10.8 Å². The van der Waals surface area contributed by atoms with E-state index in [2.05, 4.69) is 35.6 Å². The average Bonchev–Trinajstić information content (AvgIpc) is 3.19. The van der Waals surface area contributed by atoms with Crippen molar-refractivity contribution in [2.45, 2.75) is 45.1 Å². The number of carbonyl (C=O) groups excluding carboxylic acids is 1. The van der Waals surface area contributed by atoms with Crippen molar-refractivity contribution >= 4 is 26.8 Å². The highest BCUT2D eigenvalue weighted by atomic mass is 32.2. The maximum Gasteiger partial charge on any atom is 0.243 e. The van der Waals surface area contributed by atoms with E-state index in [1.165, 1.54) is 4.31 Å². The van der Waals surface area contributed by atoms with Crippen LogP contribution in [-0.2, 0) is 21.4 Å². The molecule has 1 aromatic carbocycles. The number of nitrogens with zero attached hydrogens (tertiary/aromatic N) is 3. The number of fused-ring (bicyclic) bond motifs is 1. The number of carbonyl (C=O) groups is 1. The monoisotopic (exact) mass is 434 g/mol. The molecule has 1 fully saturated rings. The Labute approximate surface area is 180 Å². The molecule has 2 aromatic rings. The lowest BCUT2D eigenvalue weighted by molar-refractivity contribution is -0.126. The molecule has 166 valence electrons. The molecule has 1 N–H and O–H groups in total. The maximum atomic E-state index is 13.2. The van der Waals surface area contributed by atoms with Crippen LogP contribution in [0.1, 0.15) is 33.6 Å². The van der Waals surface area contributed by atoms with Crippen LogP contribution < -0.4 is 5.32 Å². The van der Waals surface area contributed by atoms with Crippen molar-refractivity contribution in [3.63, 3.8) is 0 Å². The standard InChI is InChI=1S/C22H34N4O3S/c1-4-24(5-2)15-12-23-22(27)19-8-7-13-26(17-19)30(28,29)20-9-10-21-18(16-20)11-14-25(21)6-3/h9-11,14,16,19H,4-8,12-13,15,17H2,1-3H3,(H,23,27). The minimum Gasteiger partial charge on any atom is -0.355 e. The van der Waals surface area contributed by atoms with Gasteiger partial charge < -0.3 is 14.8 Å². The highest BCUT2D eigenvalue weighted by Gasteiger charge is 2.33. The molecule has 0 saturated carbocycles. The van der Waals surface area contributed by atoms with Crippen LogP contribution >= 0.6 is 0 Å². The Kier molecular flexibility index (Phi) is 7.55. The van der Waals surface area contributed by atoms with E-state index in [9.17, 15) is 13.2 Å². The lowest BCUT2D eigenvalue weighted by atomic mass is 9.99. The van der Waals surface area contributed by atoms with Gasteiger partial charge in [-0.05, 0) is 57.1 Å². The lowest BCUT2D eigenvalue weighted by Gasteiger charge is -2.31. The second kappa shape index (κ2) is 9.94. The lowest BCUT2D eigenvalue weighted by Crippen LogP contribution is -2.46. The molecule has 1 unspecified atom stereocenters. The minimum atomic E-state index is -3.62. The Hall–Kier alpha value is -1.90. The highest BCUT2D eigenvalue weighted by Crippen LogP contribution is 2.27. The molecule has 3 rings (SSSR count). The Bertz CT molecular complexity index is 966. The van der Waals surface area contributed by atoms with Gasteiger partial charge in [-0.2, -0.15) is 4.31 Å². The van der Waals surface area contributed by atoms with E-state index in [1.54, 1.807) is 12.1 Å². The smallest absolute Gasteiger partial charge is 0.243 e. The second-order valence-corrected chi connectivity index (χ2v) is 9.78. The van der Waals surface area contributed by atoms with Crippen LogP contribution in [0.25, 0.3) is 10.9 Å². The molecular formula is C22H34N4O3S. The van der Waals surface area contributed by atoms with Gasteiger partial charge in [0.1, 0.15) is 0 Å². The first-order chi connectivity index (χ1) is 14.4. The molecule has 1 aromatic heterocycles. The second-order valence-electron chi connectivity index (χ2n) is 7.84. The topological polar surface area (TPSA) is 74.7 Å². The Morgan fingerprint density at radius 3 is 2.67 bits per heavy atom. The van der Waals surface area contributed by atoms with Crippen molar-refractivity contribution < 1.29 is 13.2 Å². The van der Waals surface area contributed by atoms with Gasteiger partial charge in [-0.3, -0.25) is 4.79 Å². The maximum absolute atomic E-state index is 13.2. The van der Waals surface area contributed by atoms with Crippen LogP contribution in [0.4, 0.5) is 0 Å². The first-order valence-electron chi connectivity index (χ1n) is 11.0. The number of hydrogen-bond donors (Lipinski definition) is 1. The fourth-order valence-corrected chi connectivity index (χ4v) is 5.72. The molecule has 1 aliphatic rings. The molecule has 1 saturated heterocycles. The molecule has 8 heteroatoms. The Balaban J connectivity index is 1.67. The summed E-state index contributed by atoms with van der Waals surface area (Å²) < 4.78 is 30.0. The van der Waals surface area contributed by atoms with Crippen molar-refractivity contribution in [3.8, 4) is 0 Å². The van der Waals surface area contributed by atoms with Crippen molar-refractivity contribution in [1.29, 1.82) is 0 Å². The van der Waals surface area contributed by atoms with Gasteiger partial charge in [0, 0.05) is 49.8 Å². The Morgan fingerprint density at radius 1 is 1.20 bits per heavy atom. The third-order valence-corrected chi connectivity index (χ3v) is 7.96. The van der Waals surface area contributed by atoms with Crippen LogP contribution in [0.3, 0.4) is 0 Å². The SMILES string of the molecule is CCN(CC)CCNC(=O)C1CCCN(S(=O)(=O)c2ccc3c(ccn3CC)c2)C1. The van der Waals surface area contributed by atoms with Crippen molar-refractivity contribution in [2.24, 2.45) is 5.92 Å². The summed E-state index contributed by atoms with van der Waals surface area (Å²) in [6.45, 7) is 11.1. The molecule has 0 aliphatic carbocycles. The number of nitrogens with one attached hydrogen (secondary N) is 1. The summed E-state index contributed by atoms with van der Waals surface area (Å²) in [7, 11) is -3.62. The van der Waals surface area contributed by atoms with Gasteiger partial charge in [-0.25, -0.2) is 8.42 Å². The normalized spacial score (nSPS) is 18.2. The average molecular weight is 435 g/mol. The van der Waals surface area contributed by atoms with Gasteiger partial charge in [0.25, 0.3) is 0 Å². The number of aryl methyl sites for hydroxylation is 1. The van der Waals surface area contributed by atoms with Crippen molar-refractivity contribution in [3.05, 3.63) is 30.5 Å². The van der Waals surface area contributed by atoms with Gasteiger partial charge in [0.15, 0.2) is 0 Å². The molecule has 0 radical (unpaired) electrons. The number of rotatable bonds is 9. The van der Waals surface area contributed by atoms with Crippen LogP contribution in [-0.4, -0.2) is 67.4 Å². The van der Waals surface area contributed by atoms with Crippen LogP contribution in [0, 0.1) is 5.92 Å². The summed E-state index contributed by atoms with van der Waals surface area (Å²) in [5, 5.41) is 3.91. The zero-order valence-electron chi connectivity index (χ0n) is 18.3. The minimum absolute atomic E-state index is 0.0440.